The summed E-state index contributed by atoms with van der Waals surface area (Å²) < 4.78 is 37.7. The average Bonchev–Trinajstić information content (AvgIpc) is 2.12. The molecule has 0 spiro atoms. The fraction of sp³-hybridized carbons (Fsp3) is 0.125. The fourth-order valence-electron chi connectivity index (χ4n) is 0.846. The van der Waals surface area contributed by atoms with Crippen LogP contribution in [-0.2, 0) is 0 Å². The van der Waals surface area contributed by atoms with Gasteiger partial charge in [-0.1, -0.05) is 0 Å². The van der Waals surface area contributed by atoms with Crippen LogP contribution < -0.4 is 4.90 Å². The zero-order chi connectivity index (χ0) is 10.9. The van der Waals surface area contributed by atoms with Crippen LogP contribution in [0.25, 0.3) is 0 Å². The van der Waals surface area contributed by atoms with E-state index >= 15 is 0 Å². The molecule has 1 N–H and O–H groups in total. The zero-order valence-corrected chi connectivity index (χ0v) is 7.09. The molecule has 76 valence electrons. The highest BCUT2D eigenvalue weighted by Crippen LogP contribution is 2.19. The standard InChI is InChI=1S/C8H6F3NO2/c1-12(8(13)14)4-2-5(9)7(11)6(10)3-4/h2-3H,1H3,(H,13,14). The number of halogens is 3. The lowest BCUT2D eigenvalue weighted by Gasteiger charge is -2.13. The highest BCUT2D eigenvalue weighted by Gasteiger charge is 2.15. The van der Waals surface area contributed by atoms with Crippen LogP contribution in [0.2, 0.25) is 0 Å². The summed E-state index contributed by atoms with van der Waals surface area (Å²) >= 11 is 0. The van der Waals surface area contributed by atoms with Crippen LogP contribution in [0.3, 0.4) is 0 Å². The van der Waals surface area contributed by atoms with Crippen LogP contribution >= 0.6 is 0 Å². The van der Waals surface area contributed by atoms with Crippen molar-refractivity contribution in [2.75, 3.05) is 11.9 Å². The van der Waals surface area contributed by atoms with Gasteiger partial charge in [-0.25, -0.2) is 18.0 Å². The van der Waals surface area contributed by atoms with Gasteiger partial charge in [0.05, 0.1) is 5.69 Å². The molecule has 14 heavy (non-hydrogen) atoms. The number of hydrogen-bond acceptors (Lipinski definition) is 1. The van der Waals surface area contributed by atoms with E-state index in [1.165, 1.54) is 0 Å². The second-order valence-electron chi connectivity index (χ2n) is 2.56. The molecule has 0 saturated carbocycles. The van der Waals surface area contributed by atoms with Crippen LogP contribution in [0.4, 0.5) is 23.7 Å². The summed E-state index contributed by atoms with van der Waals surface area (Å²) in [6.45, 7) is 0. The molecule has 0 aliphatic rings. The Morgan fingerprint density at radius 2 is 1.71 bits per heavy atom. The maximum atomic E-state index is 12.6. The molecule has 0 aliphatic carbocycles. The van der Waals surface area contributed by atoms with Gasteiger partial charge in [-0.3, -0.25) is 4.90 Å². The van der Waals surface area contributed by atoms with Crippen molar-refractivity contribution in [2.45, 2.75) is 0 Å². The van der Waals surface area contributed by atoms with Gasteiger partial charge in [0, 0.05) is 19.2 Å². The number of carboxylic acid groups (broad SMARTS) is 1. The van der Waals surface area contributed by atoms with E-state index in [-0.39, 0.29) is 5.69 Å². The summed E-state index contributed by atoms with van der Waals surface area (Å²) in [4.78, 5) is 11.0. The minimum Gasteiger partial charge on any atom is -0.465 e. The third kappa shape index (κ3) is 1.78. The third-order valence-electron chi connectivity index (χ3n) is 1.64. The molecule has 0 aliphatic heterocycles. The summed E-state index contributed by atoms with van der Waals surface area (Å²) in [5.74, 6) is -4.46. The van der Waals surface area contributed by atoms with Gasteiger partial charge in [-0.2, -0.15) is 0 Å². The molecular formula is C8H6F3NO2. The molecular weight excluding hydrogens is 199 g/mol. The lowest BCUT2D eigenvalue weighted by molar-refractivity contribution is 0.203. The smallest absolute Gasteiger partial charge is 0.411 e. The van der Waals surface area contributed by atoms with Gasteiger partial charge >= 0.3 is 6.09 Å². The Bertz CT molecular complexity index is 358. The van der Waals surface area contributed by atoms with Crippen LogP contribution in [0.15, 0.2) is 12.1 Å². The van der Waals surface area contributed by atoms with Gasteiger partial charge < -0.3 is 5.11 Å². The van der Waals surface area contributed by atoms with Gasteiger partial charge in [0.15, 0.2) is 17.5 Å². The Kier molecular flexibility index (Phi) is 2.64. The number of carbonyl (C=O) groups is 1. The van der Waals surface area contributed by atoms with Crippen molar-refractivity contribution in [3.05, 3.63) is 29.6 Å². The van der Waals surface area contributed by atoms with Gasteiger partial charge in [-0.05, 0) is 0 Å². The minimum absolute atomic E-state index is 0.270. The second kappa shape index (κ2) is 3.57. The molecule has 1 aromatic carbocycles. The molecule has 1 rings (SSSR count). The normalized spacial score (nSPS) is 10.0. The topological polar surface area (TPSA) is 40.5 Å². The summed E-state index contributed by atoms with van der Waals surface area (Å²) in [5.41, 5.74) is -0.270. The average molecular weight is 205 g/mol. The molecule has 0 atom stereocenters. The number of nitrogens with zero attached hydrogens (tertiary/aromatic N) is 1. The number of amides is 1. The molecule has 1 amide bonds. The first kappa shape index (κ1) is 10.4. The predicted molar refractivity (Wildman–Crippen MR) is 42.7 cm³/mol. The predicted octanol–water partition coefficient (Wildman–Crippen LogP) is 2.22. The molecule has 1 aromatic rings. The van der Waals surface area contributed by atoms with Crippen molar-refractivity contribution in [1.29, 1.82) is 0 Å². The van der Waals surface area contributed by atoms with E-state index in [9.17, 15) is 18.0 Å². The van der Waals surface area contributed by atoms with Gasteiger partial charge in [0.1, 0.15) is 0 Å². The Hall–Kier alpha value is -1.72. The Labute approximate surface area is 77.4 Å². The van der Waals surface area contributed by atoms with Gasteiger partial charge in [0.2, 0.25) is 0 Å². The van der Waals surface area contributed by atoms with E-state index in [1.807, 2.05) is 0 Å². The van der Waals surface area contributed by atoms with E-state index in [0.29, 0.717) is 17.0 Å². The maximum Gasteiger partial charge on any atom is 0.411 e. The van der Waals surface area contributed by atoms with Crippen molar-refractivity contribution >= 4 is 11.8 Å². The lowest BCUT2D eigenvalue weighted by atomic mass is 10.2. The largest absolute Gasteiger partial charge is 0.465 e. The molecule has 3 nitrogen and oxygen atoms in total. The molecule has 0 radical (unpaired) electrons. The summed E-state index contributed by atoms with van der Waals surface area (Å²) in [7, 11) is 1.09. The second-order valence-corrected chi connectivity index (χ2v) is 2.56. The SMILES string of the molecule is CN(C(=O)O)c1cc(F)c(F)c(F)c1. The number of anilines is 1. The van der Waals surface area contributed by atoms with Crippen molar-refractivity contribution in [3.8, 4) is 0 Å². The number of hydrogen-bond donors (Lipinski definition) is 1. The Morgan fingerprint density at radius 1 is 1.29 bits per heavy atom. The molecule has 0 fully saturated rings. The van der Waals surface area contributed by atoms with Gasteiger partial charge in [0.25, 0.3) is 0 Å². The van der Waals surface area contributed by atoms with Crippen LogP contribution in [-0.4, -0.2) is 18.2 Å². The monoisotopic (exact) mass is 205 g/mol. The molecule has 0 heterocycles. The third-order valence-corrected chi connectivity index (χ3v) is 1.64. The van der Waals surface area contributed by atoms with Crippen molar-refractivity contribution in [1.82, 2.24) is 0 Å². The number of benzene rings is 1. The van der Waals surface area contributed by atoms with Crippen molar-refractivity contribution < 1.29 is 23.1 Å². The van der Waals surface area contributed by atoms with Gasteiger partial charge in [-0.15, -0.1) is 0 Å². The fourth-order valence-corrected chi connectivity index (χ4v) is 0.846. The molecule has 6 heteroatoms. The van der Waals surface area contributed by atoms with Crippen LogP contribution in [0, 0.1) is 17.5 Å². The first-order chi connectivity index (χ1) is 6.43. The summed E-state index contributed by atoms with van der Waals surface area (Å²) in [6, 6.07) is 1.21. The van der Waals surface area contributed by atoms with Crippen molar-refractivity contribution in [3.63, 3.8) is 0 Å². The first-order valence-electron chi connectivity index (χ1n) is 3.54. The minimum atomic E-state index is -1.62. The first-order valence-corrected chi connectivity index (χ1v) is 3.54. The molecule has 0 unspecified atom stereocenters. The van der Waals surface area contributed by atoms with Crippen LogP contribution in [0.5, 0.6) is 0 Å². The molecule has 0 bridgehead atoms. The highest BCUT2D eigenvalue weighted by molar-refractivity contribution is 5.85. The maximum absolute atomic E-state index is 12.6. The lowest BCUT2D eigenvalue weighted by Crippen LogP contribution is -2.24. The van der Waals surface area contributed by atoms with E-state index in [2.05, 4.69) is 0 Å². The Balaban J connectivity index is 3.19. The zero-order valence-electron chi connectivity index (χ0n) is 7.09. The molecule has 0 saturated heterocycles. The summed E-state index contributed by atoms with van der Waals surface area (Å²) in [5, 5.41) is 8.47. The van der Waals surface area contributed by atoms with Crippen molar-refractivity contribution in [2.24, 2.45) is 0 Å². The number of rotatable bonds is 1. The van der Waals surface area contributed by atoms with Crippen LogP contribution in [0.1, 0.15) is 0 Å². The molecule has 0 aromatic heterocycles. The quantitative estimate of drug-likeness (QED) is 0.714. The van der Waals surface area contributed by atoms with E-state index < -0.39 is 23.5 Å². The summed E-state index contributed by atoms with van der Waals surface area (Å²) in [6.07, 6.45) is -1.39. The van der Waals surface area contributed by atoms with E-state index in [1.54, 1.807) is 0 Å². The van der Waals surface area contributed by atoms with E-state index in [0.717, 1.165) is 7.05 Å². The van der Waals surface area contributed by atoms with E-state index in [4.69, 9.17) is 5.11 Å². The highest BCUT2D eigenvalue weighted by atomic mass is 19.2. The Morgan fingerprint density at radius 3 is 2.07 bits per heavy atom.